The second-order valence-electron chi connectivity index (χ2n) is 5.69. The normalized spacial score (nSPS) is 16.7. The summed E-state index contributed by atoms with van der Waals surface area (Å²) in [5.41, 5.74) is 0.991. The van der Waals surface area contributed by atoms with Crippen molar-refractivity contribution in [2.45, 2.75) is 37.6 Å². The number of aromatic nitrogens is 2. The summed E-state index contributed by atoms with van der Waals surface area (Å²) >= 11 is 0. The molecule has 5 nitrogen and oxygen atoms in total. The van der Waals surface area contributed by atoms with Crippen molar-refractivity contribution >= 4 is 12.4 Å². The zero-order valence-corrected chi connectivity index (χ0v) is 13.9. The van der Waals surface area contributed by atoms with E-state index in [1.165, 1.54) is 0 Å². The minimum Gasteiger partial charge on any atom is -0.496 e. The van der Waals surface area contributed by atoms with E-state index in [2.05, 4.69) is 28.4 Å². The Hall–Kier alpha value is -1.59. The molecule has 2 aromatic rings. The summed E-state index contributed by atoms with van der Waals surface area (Å²) in [5, 5.41) is 7.31. The molecule has 3 rings (SSSR count). The van der Waals surface area contributed by atoms with Gasteiger partial charge in [0.2, 0.25) is 5.89 Å². The molecule has 1 aliphatic carbocycles. The zero-order chi connectivity index (χ0) is 14.9. The lowest BCUT2D eigenvalue weighted by molar-refractivity contribution is 0.347. The number of halogens is 1. The van der Waals surface area contributed by atoms with E-state index in [9.17, 15) is 0 Å². The SMILES string of the molecule is CNC(C)Cc1noc(C2(c3ccccc3OC)CC2)n1.Cl. The molecule has 120 valence electrons. The molecule has 1 unspecified atom stereocenters. The van der Waals surface area contributed by atoms with Crippen molar-refractivity contribution in [2.75, 3.05) is 14.2 Å². The van der Waals surface area contributed by atoms with Crippen molar-refractivity contribution < 1.29 is 9.26 Å². The molecule has 0 bridgehead atoms. The number of hydrogen-bond donors (Lipinski definition) is 1. The van der Waals surface area contributed by atoms with Crippen molar-refractivity contribution in [2.24, 2.45) is 0 Å². The Morgan fingerprint density at radius 3 is 2.73 bits per heavy atom. The summed E-state index contributed by atoms with van der Waals surface area (Å²) in [6.45, 7) is 2.10. The van der Waals surface area contributed by atoms with E-state index in [1.807, 2.05) is 25.2 Å². The van der Waals surface area contributed by atoms with Crippen LogP contribution in [0.5, 0.6) is 5.75 Å². The van der Waals surface area contributed by atoms with Crippen molar-refractivity contribution in [3.8, 4) is 5.75 Å². The molecule has 0 amide bonds. The third kappa shape index (κ3) is 2.96. The molecule has 1 aromatic carbocycles. The highest BCUT2D eigenvalue weighted by Gasteiger charge is 2.52. The third-order valence-corrected chi connectivity index (χ3v) is 4.23. The van der Waals surface area contributed by atoms with Crippen LogP contribution in [0.25, 0.3) is 0 Å². The van der Waals surface area contributed by atoms with Crippen LogP contribution >= 0.6 is 12.4 Å². The molecular formula is C16H22ClN3O2. The number of benzene rings is 1. The van der Waals surface area contributed by atoms with Gasteiger partial charge in [-0.15, -0.1) is 12.4 Å². The maximum atomic E-state index is 5.55. The summed E-state index contributed by atoms with van der Waals surface area (Å²) in [6.07, 6.45) is 2.81. The predicted molar refractivity (Wildman–Crippen MR) is 86.8 cm³/mol. The quantitative estimate of drug-likeness (QED) is 0.885. The van der Waals surface area contributed by atoms with Crippen LogP contribution in [0.3, 0.4) is 0 Å². The Balaban J connectivity index is 0.00000176. The highest BCUT2D eigenvalue weighted by molar-refractivity contribution is 5.85. The second kappa shape index (κ2) is 6.67. The fourth-order valence-electron chi connectivity index (χ4n) is 2.67. The minimum absolute atomic E-state index is 0. The van der Waals surface area contributed by atoms with Gasteiger partial charge in [-0.25, -0.2) is 0 Å². The van der Waals surface area contributed by atoms with Gasteiger partial charge in [0.05, 0.1) is 12.5 Å². The number of nitrogens with zero attached hydrogens (tertiary/aromatic N) is 2. The molecule has 1 fully saturated rings. The van der Waals surface area contributed by atoms with Gasteiger partial charge in [0.1, 0.15) is 5.75 Å². The van der Waals surface area contributed by atoms with E-state index in [4.69, 9.17) is 9.26 Å². The van der Waals surface area contributed by atoms with E-state index in [0.717, 1.165) is 36.4 Å². The highest BCUT2D eigenvalue weighted by Crippen LogP contribution is 2.55. The van der Waals surface area contributed by atoms with E-state index in [0.29, 0.717) is 11.9 Å². The molecule has 1 aromatic heterocycles. The molecular weight excluding hydrogens is 302 g/mol. The number of methoxy groups -OCH3 is 1. The van der Waals surface area contributed by atoms with Gasteiger partial charge in [-0.1, -0.05) is 23.4 Å². The van der Waals surface area contributed by atoms with Gasteiger partial charge < -0.3 is 14.6 Å². The number of hydrogen-bond acceptors (Lipinski definition) is 5. The number of likely N-dealkylation sites (N-methyl/N-ethyl adjacent to an activating group) is 1. The molecule has 0 radical (unpaired) electrons. The molecule has 0 saturated heterocycles. The van der Waals surface area contributed by atoms with Crippen molar-refractivity contribution in [3.05, 3.63) is 41.5 Å². The standard InChI is InChI=1S/C16H21N3O2.ClH/c1-11(17-2)10-14-18-15(21-19-14)16(8-9-16)12-6-4-5-7-13(12)20-3;/h4-7,11,17H,8-10H2,1-3H3;1H. The predicted octanol–water partition coefficient (Wildman–Crippen LogP) is 2.73. The lowest BCUT2D eigenvalue weighted by Gasteiger charge is -2.14. The van der Waals surface area contributed by atoms with Crippen LogP contribution < -0.4 is 10.1 Å². The van der Waals surface area contributed by atoms with Gasteiger partial charge in [-0.3, -0.25) is 0 Å². The fourth-order valence-corrected chi connectivity index (χ4v) is 2.67. The Labute approximate surface area is 136 Å². The minimum atomic E-state index is -0.152. The maximum Gasteiger partial charge on any atom is 0.237 e. The summed E-state index contributed by atoms with van der Waals surface area (Å²) in [6, 6.07) is 8.41. The zero-order valence-electron chi connectivity index (χ0n) is 13.1. The Morgan fingerprint density at radius 2 is 2.09 bits per heavy atom. The average Bonchev–Trinajstić information content (AvgIpc) is 3.20. The Kier molecular flexibility index (Phi) is 5.08. The molecule has 1 atom stereocenters. The Morgan fingerprint density at radius 1 is 1.36 bits per heavy atom. The lowest BCUT2D eigenvalue weighted by atomic mass is 9.95. The summed E-state index contributed by atoms with van der Waals surface area (Å²) in [7, 11) is 3.63. The molecule has 1 heterocycles. The topological polar surface area (TPSA) is 60.2 Å². The first kappa shape index (κ1) is 16.8. The van der Waals surface area contributed by atoms with Crippen LogP contribution in [-0.2, 0) is 11.8 Å². The lowest BCUT2D eigenvalue weighted by Crippen LogP contribution is -2.24. The van der Waals surface area contributed by atoms with Gasteiger partial charge in [-0.2, -0.15) is 4.98 Å². The number of nitrogens with one attached hydrogen (secondary N) is 1. The fraction of sp³-hybridized carbons (Fsp3) is 0.500. The molecule has 0 aliphatic heterocycles. The molecule has 22 heavy (non-hydrogen) atoms. The monoisotopic (exact) mass is 323 g/mol. The first-order chi connectivity index (χ1) is 10.2. The van der Waals surface area contributed by atoms with Crippen LogP contribution in [0.4, 0.5) is 0 Å². The van der Waals surface area contributed by atoms with Gasteiger partial charge in [0.25, 0.3) is 0 Å². The van der Waals surface area contributed by atoms with Crippen molar-refractivity contribution in [1.29, 1.82) is 0 Å². The largest absolute Gasteiger partial charge is 0.496 e. The van der Waals surface area contributed by atoms with Crippen LogP contribution in [0, 0.1) is 0 Å². The second-order valence-corrected chi connectivity index (χ2v) is 5.69. The summed E-state index contributed by atoms with van der Waals surface area (Å²) < 4.78 is 11.0. The maximum absolute atomic E-state index is 5.55. The summed E-state index contributed by atoms with van der Waals surface area (Å²) in [4.78, 5) is 4.61. The molecule has 1 N–H and O–H groups in total. The third-order valence-electron chi connectivity index (χ3n) is 4.23. The molecule has 1 saturated carbocycles. The van der Waals surface area contributed by atoms with E-state index < -0.39 is 0 Å². The van der Waals surface area contributed by atoms with Crippen molar-refractivity contribution in [3.63, 3.8) is 0 Å². The van der Waals surface area contributed by atoms with E-state index in [-0.39, 0.29) is 17.8 Å². The first-order valence-corrected chi connectivity index (χ1v) is 7.33. The number of para-hydroxylation sites is 1. The van der Waals surface area contributed by atoms with Crippen molar-refractivity contribution in [1.82, 2.24) is 15.5 Å². The van der Waals surface area contributed by atoms with Crippen LogP contribution in [0.1, 0.15) is 37.0 Å². The van der Waals surface area contributed by atoms with Crippen LogP contribution in [0.2, 0.25) is 0 Å². The highest BCUT2D eigenvalue weighted by atomic mass is 35.5. The van der Waals surface area contributed by atoms with Gasteiger partial charge in [-0.05, 0) is 32.9 Å². The smallest absolute Gasteiger partial charge is 0.237 e. The van der Waals surface area contributed by atoms with Gasteiger partial charge in [0, 0.05) is 18.0 Å². The van der Waals surface area contributed by atoms with Gasteiger partial charge >= 0.3 is 0 Å². The van der Waals surface area contributed by atoms with Crippen LogP contribution in [-0.4, -0.2) is 30.3 Å². The number of ether oxygens (including phenoxy) is 1. The first-order valence-electron chi connectivity index (χ1n) is 7.33. The summed E-state index contributed by atoms with van der Waals surface area (Å²) in [5.74, 6) is 2.36. The number of rotatable bonds is 6. The molecule has 1 aliphatic rings. The van der Waals surface area contributed by atoms with E-state index in [1.54, 1.807) is 7.11 Å². The van der Waals surface area contributed by atoms with E-state index >= 15 is 0 Å². The molecule has 0 spiro atoms. The Bertz CT molecular complexity index is 625. The van der Waals surface area contributed by atoms with Gasteiger partial charge in [0.15, 0.2) is 5.82 Å². The molecule has 6 heteroatoms. The average molecular weight is 324 g/mol. The van der Waals surface area contributed by atoms with Crippen LogP contribution in [0.15, 0.2) is 28.8 Å².